The summed E-state index contributed by atoms with van der Waals surface area (Å²) in [6.45, 7) is 15.5. The zero-order valence-corrected chi connectivity index (χ0v) is 10.1. The Morgan fingerprint density at radius 2 is 1.83 bits per heavy atom. The van der Waals surface area contributed by atoms with E-state index in [1.807, 2.05) is 0 Å². The topological polar surface area (TPSA) is 0 Å². The summed E-state index contributed by atoms with van der Waals surface area (Å²) in [7, 11) is -0.887. The molecular weight excluding hydrogens is 160 g/mol. The van der Waals surface area contributed by atoms with Crippen molar-refractivity contribution >= 4 is 8.07 Å². The second kappa shape index (κ2) is 4.66. The van der Waals surface area contributed by atoms with Crippen LogP contribution in [0.25, 0.3) is 0 Å². The van der Waals surface area contributed by atoms with Crippen molar-refractivity contribution in [2.75, 3.05) is 0 Å². The van der Waals surface area contributed by atoms with Crippen molar-refractivity contribution in [2.45, 2.75) is 39.5 Å². The molecule has 0 aromatic rings. The third-order valence-electron chi connectivity index (χ3n) is 1.80. The lowest BCUT2D eigenvalue weighted by Crippen LogP contribution is -2.17. The van der Waals surface area contributed by atoms with Crippen LogP contribution in [0.4, 0.5) is 0 Å². The Hall–Kier alpha value is -0.303. The van der Waals surface area contributed by atoms with Gasteiger partial charge in [-0.25, -0.2) is 0 Å². The summed E-state index contributed by atoms with van der Waals surface area (Å²) in [5.74, 6) is 0.586. The van der Waals surface area contributed by atoms with Crippen LogP contribution in [0.5, 0.6) is 0 Å². The van der Waals surface area contributed by atoms with Gasteiger partial charge in [-0.2, -0.15) is 0 Å². The van der Waals surface area contributed by atoms with Gasteiger partial charge in [0.1, 0.15) is 0 Å². The van der Waals surface area contributed by atoms with Gasteiger partial charge in [-0.3, -0.25) is 0 Å². The van der Waals surface area contributed by atoms with Crippen molar-refractivity contribution in [2.24, 2.45) is 5.92 Å². The Kier molecular flexibility index (Phi) is 4.54. The monoisotopic (exact) mass is 182 g/mol. The maximum Gasteiger partial charge on any atom is 0.0480 e. The molecule has 0 amide bonds. The van der Waals surface area contributed by atoms with Crippen LogP contribution in [0.15, 0.2) is 24.3 Å². The summed E-state index contributed by atoms with van der Waals surface area (Å²) in [5, 5.41) is 0. The van der Waals surface area contributed by atoms with E-state index < -0.39 is 8.07 Å². The van der Waals surface area contributed by atoms with Crippen LogP contribution in [0.3, 0.4) is 0 Å². The molecule has 12 heavy (non-hydrogen) atoms. The number of hydrogen-bond donors (Lipinski definition) is 0. The molecule has 0 N–H and O–H groups in total. The second-order valence-corrected chi connectivity index (χ2v) is 10.4. The molecule has 0 bridgehead atoms. The first kappa shape index (κ1) is 11.7. The minimum atomic E-state index is -0.887. The third-order valence-corrected chi connectivity index (χ3v) is 3.26. The molecule has 70 valence electrons. The first-order chi connectivity index (χ1) is 5.33. The summed E-state index contributed by atoms with van der Waals surface area (Å²) < 4.78 is 0. The number of allylic oxidation sites excluding steroid dienone is 3. The minimum absolute atomic E-state index is 0.586. The molecule has 0 spiro atoms. The van der Waals surface area contributed by atoms with E-state index >= 15 is 0 Å². The average Bonchev–Trinajstić information content (AvgIpc) is 1.84. The first-order valence-electron chi connectivity index (χ1n) is 4.68. The smallest absolute Gasteiger partial charge is 0.0480 e. The zero-order chi connectivity index (χ0) is 9.78. The van der Waals surface area contributed by atoms with Gasteiger partial charge in [0.15, 0.2) is 0 Å². The van der Waals surface area contributed by atoms with E-state index in [4.69, 9.17) is 0 Å². The molecule has 0 fully saturated rings. The summed E-state index contributed by atoms with van der Waals surface area (Å²) in [4.78, 5) is 0. The summed E-state index contributed by atoms with van der Waals surface area (Å²) in [6, 6.07) is 1.26. The maximum absolute atomic E-state index is 4.00. The summed E-state index contributed by atoms with van der Waals surface area (Å²) in [6.07, 6.45) is 4.47. The predicted molar refractivity (Wildman–Crippen MR) is 61.3 cm³/mol. The lowest BCUT2D eigenvalue weighted by Gasteiger charge is -2.12. The van der Waals surface area contributed by atoms with Gasteiger partial charge in [-0.05, 0) is 12.0 Å². The average molecular weight is 182 g/mol. The van der Waals surface area contributed by atoms with Crippen LogP contribution in [0.2, 0.25) is 25.7 Å². The fraction of sp³-hybridized carbons (Fsp3) is 0.636. The van der Waals surface area contributed by atoms with E-state index in [0.29, 0.717) is 5.92 Å². The largest absolute Gasteiger partial charge is 0.0956 e. The van der Waals surface area contributed by atoms with Gasteiger partial charge in [0.2, 0.25) is 0 Å². The van der Waals surface area contributed by atoms with Crippen molar-refractivity contribution in [1.29, 1.82) is 0 Å². The Morgan fingerprint density at radius 3 is 2.17 bits per heavy atom. The highest BCUT2D eigenvalue weighted by Crippen LogP contribution is 2.12. The molecule has 0 saturated carbocycles. The van der Waals surface area contributed by atoms with Gasteiger partial charge in [-0.15, -0.1) is 0 Å². The van der Waals surface area contributed by atoms with Crippen molar-refractivity contribution < 1.29 is 0 Å². The predicted octanol–water partition coefficient (Wildman–Crippen LogP) is 4.09. The van der Waals surface area contributed by atoms with Gasteiger partial charge in [0.05, 0.1) is 0 Å². The Labute approximate surface area is 78.4 Å². The van der Waals surface area contributed by atoms with Crippen LogP contribution < -0.4 is 0 Å². The maximum atomic E-state index is 4.00. The van der Waals surface area contributed by atoms with Crippen LogP contribution in [0, 0.1) is 5.92 Å². The molecular formula is C11H22Si. The van der Waals surface area contributed by atoms with E-state index in [1.165, 1.54) is 11.6 Å². The molecule has 0 nitrogen and oxygen atoms in total. The highest BCUT2D eigenvalue weighted by molar-refractivity contribution is 6.76. The quantitative estimate of drug-likeness (QED) is 0.454. The third kappa shape index (κ3) is 6.41. The highest BCUT2D eigenvalue weighted by Gasteiger charge is 2.09. The molecule has 0 radical (unpaired) electrons. The van der Waals surface area contributed by atoms with Crippen molar-refractivity contribution in [3.8, 4) is 0 Å². The molecule has 0 rings (SSSR count). The molecule has 0 heterocycles. The second-order valence-electron chi connectivity index (χ2n) is 4.90. The van der Waals surface area contributed by atoms with Gasteiger partial charge in [0.25, 0.3) is 0 Å². The van der Waals surface area contributed by atoms with E-state index in [2.05, 4.69) is 52.2 Å². The van der Waals surface area contributed by atoms with Crippen LogP contribution in [-0.4, -0.2) is 8.07 Å². The molecule has 0 saturated heterocycles. The lowest BCUT2D eigenvalue weighted by molar-refractivity contribution is 0.795. The minimum Gasteiger partial charge on any atom is -0.0956 e. The molecule has 0 aromatic heterocycles. The molecule has 0 aromatic carbocycles. The first-order valence-corrected chi connectivity index (χ1v) is 8.39. The lowest BCUT2D eigenvalue weighted by atomic mass is 10.1. The normalized spacial score (nSPS) is 12.8. The Bertz CT molecular complexity index is 170. The van der Waals surface area contributed by atoms with Gasteiger partial charge < -0.3 is 0 Å². The van der Waals surface area contributed by atoms with E-state index in [-0.39, 0.29) is 0 Å². The van der Waals surface area contributed by atoms with Crippen LogP contribution >= 0.6 is 0 Å². The number of rotatable bonds is 4. The van der Waals surface area contributed by atoms with Gasteiger partial charge in [0, 0.05) is 8.07 Å². The summed E-state index contributed by atoms with van der Waals surface area (Å²) >= 11 is 0. The SMILES string of the molecule is C=C(/C=C\C[Si](C)(C)C)C(C)C. The van der Waals surface area contributed by atoms with E-state index in [0.717, 1.165) is 0 Å². The molecule has 0 aliphatic carbocycles. The van der Waals surface area contributed by atoms with Crippen LogP contribution in [-0.2, 0) is 0 Å². The molecule has 0 atom stereocenters. The van der Waals surface area contributed by atoms with Crippen molar-refractivity contribution in [3.63, 3.8) is 0 Å². The van der Waals surface area contributed by atoms with E-state index in [9.17, 15) is 0 Å². The Balaban J connectivity index is 3.86. The standard InChI is InChI=1S/C11H22Si/c1-10(2)11(3)8-7-9-12(4,5)6/h7-8,10H,3,9H2,1-2,4-6H3/b8-7-. The number of hydrogen-bond acceptors (Lipinski definition) is 0. The van der Waals surface area contributed by atoms with Crippen molar-refractivity contribution in [3.05, 3.63) is 24.3 Å². The fourth-order valence-corrected chi connectivity index (χ4v) is 1.58. The molecule has 0 unspecified atom stereocenters. The molecule has 0 aliphatic heterocycles. The zero-order valence-electron chi connectivity index (χ0n) is 9.15. The fourth-order valence-electron chi connectivity index (χ4n) is 0.756. The highest BCUT2D eigenvalue weighted by atomic mass is 28.3. The van der Waals surface area contributed by atoms with Gasteiger partial charge >= 0.3 is 0 Å². The Morgan fingerprint density at radius 1 is 1.33 bits per heavy atom. The van der Waals surface area contributed by atoms with E-state index in [1.54, 1.807) is 0 Å². The van der Waals surface area contributed by atoms with Crippen LogP contribution in [0.1, 0.15) is 13.8 Å². The molecule has 0 aliphatic rings. The van der Waals surface area contributed by atoms with Gasteiger partial charge in [-0.1, -0.05) is 57.8 Å². The summed E-state index contributed by atoms with van der Waals surface area (Å²) in [5.41, 5.74) is 1.24. The molecule has 1 heteroatoms. The van der Waals surface area contributed by atoms with Crippen molar-refractivity contribution in [1.82, 2.24) is 0 Å².